The Morgan fingerprint density at radius 1 is 1.19 bits per heavy atom. The van der Waals surface area contributed by atoms with Gasteiger partial charge in [0.1, 0.15) is 29.1 Å². The lowest BCUT2D eigenvalue weighted by Gasteiger charge is -2.24. The van der Waals surface area contributed by atoms with Gasteiger partial charge in [0.05, 0.1) is 23.9 Å². The molecular weight excluding hydrogens is 565 g/mol. The molecule has 0 spiro atoms. The van der Waals surface area contributed by atoms with Crippen LogP contribution in [0.3, 0.4) is 0 Å². The summed E-state index contributed by atoms with van der Waals surface area (Å²) in [5.74, 6) is -3.61. The van der Waals surface area contributed by atoms with Gasteiger partial charge in [-0.2, -0.15) is 18.2 Å². The van der Waals surface area contributed by atoms with E-state index in [9.17, 15) is 31.5 Å². The third-order valence-corrected chi connectivity index (χ3v) is 6.65. The minimum absolute atomic E-state index is 0.0346. The third-order valence-electron chi connectivity index (χ3n) is 6.65. The van der Waals surface area contributed by atoms with Crippen molar-refractivity contribution in [2.24, 2.45) is 5.73 Å². The fourth-order valence-electron chi connectivity index (χ4n) is 4.60. The monoisotopic (exact) mass is 593 g/mol. The molecule has 5 rings (SSSR count). The second-order valence-corrected chi connectivity index (χ2v) is 9.75. The largest absolute Gasteiger partial charge is 0.495 e. The normalized spacial score (nSPS) is 16.7. The molecule has 1 aliphatic carbocycles. The molecule has 9 nitrogen and oxygen atoms in total. The molecule has 14 heteroatoms. The number of anilines is 2. The zero-order valence-corrected chi connectivity index (χ0v) is 22.7. The van der Waals surface area contributed by atoms with Crippen molar-refractivity contribution in [2.75, 3.05) is 32.6 Å². The van der Waals surface area contributed by atoms with Crippen LogP contribution in [0.5, 0.6) is 17.4 Å². The number of aryl methyl sites for hydroxylation is 1. The van der Waals surface area contributed by atoms with Gasteiger partial charge in [0.2, 0.25) is 11.8 Å². The minimum Gasteiger partial charge on any atom is -0.495 e. The summed E-state index contributed by atoms with van der Waals surface area (Å²) in [5.41, 5.74) is 4.19. The number of carbonyl (C=O) groups is 2. The van der Waals surface area contributed by atoms with Crippen LogP contribution in [0, 0.1) is 5.82 Å². The number of rotatable bonds is 6. The van der Waals surface area contributed by atoms with Crippen LogP contribution in [0.15, 0.2) is 36.5 Å². The maximum atomic E-state index is 14.2. The zero-order chi connectivity index (χ0) is 30.6. The molecule has 1 amide bonds. The molecule has 3 aromatic rings. The summed E-state index contributed by atoms with van der Waals surface area (Å²) in [6.45, 7) is 1.71. The first-order chi connectivity index (χ1) is 19.9. The number of alkyl halides is 4. The van der Waals surface area contributed by atoms with Gasteiger partial charge in [-0.15, -0.1) is 0 Å². The average Bonchev–Trinajstić information content (AvgIpc) is 3.30. The highest BCUT2D eigenvalue weighted by Crippen LogP contribution is 2.40. The van der Waals surface area contributed by atoms with E-state index in [0.717, 1.165) is 31.5 Å². The van der Waals surface area contributed by atoms with Crippen LogP contribution in [0.4, 0.5) is 33.6 Å². The molecule has 224 valence electrons. The van der Waals surface area contributed by atoms with Crippen LogP contribution >= 0.6 is 0 Å². The Kier molecular flexibility index (Phi) is 9.24. The number of ketones is 1. The Hall–Kier alpha value is -4.33. The molecule has 1 saturated heterocycles. The molecule has 1 aliphatic heterocycles. The van der Waals surface area contributed by atoms with E-state index in [-0.39, 0.29) is 40.9 Å². The van der Waals surface area contributed by atoms with Crippen molar-refractivity contribution in [1.29, 1.82) is 0 Å². The highest BCUT2D eigenvalue weighted by Gasteiger charge is 2.37. The molecule has 3 N–H and O–H groups in total. The van der Waals surface area contributed by atoms with Crippen molar-refractivity contribution < 1.29 is 41.0 Å². The summed E-state index contributed by atoms with van der Waals surface area (Å²) in [6.07, 6.45) is -2.44. The molecule has 2 aromatic carbocycles. The number of Topliss-reactive ketones (excluding diaryl/α,β-unsaturated/α-hetero) is 1. The molecule has 2 heterocycles. The van der Waals surface area contributed by atoms with Gasteiger partial charge in [-0.3, -0.25) is 9.59 Å². The highest BCUT2D eigenvalue weighted by molar-refractivity contribution is 6.03. The van der Waals surface area contributed by atoms with E-state index < -0.39 is 41.1 Å². The Balaban J connectivity index is 0.000000437. The number of aromatic nitrogens is 2. The van der Waals surface area contributed by atoms with Crippen LogP contribution in [0.2, 0.25) is 0 Å². The van der Waals surface area contributed by atoms with Crippen molar-refractivity contribution >= 4 is 23.3 Å². The van der Waals surface area contributed by atoms with Crippen molar-refractivity contribution in [3.63, 3.8) is 0 Å². The Bertz CT molecular complexity index is 1480. The Morgan fingerprint density at radius 3 is 2.57 bits per heavy atom. The number of halogens is 5. The molecule has 42 heavy (non-hydrogen) atoms. The number of benzene rings is 2. The number of likely N-dealkylation sites (tertiary alicyclic amines) is 1. The minimum atomic E-state index is -4.86. The standard InChI is InChI=1S/C22H16F4N4O4.C6H12FN/c1-33-17-7-11(19(27)32)13(23)8-14(17)29-21-28-9-12(22(24,25)26)20(30-21)34-16-4-2-3-10-5-6-15(31)18(10)16;1-8-4-2-3-6(7)5-8/h2-4,7-9H,5-6H2,1H3,(H2,27,32)(H,28,29,30);6H,2-5H2,1H3. The molecule has 2 aliphatic rings. The number of nitrogens with zero attached hydrogens (tertiary/aromatic N) is 3. The third kappa shape index (κ3) is 7.11. The van der Waals surface area contributed by atoms with Gasteiger partial charge in [0, 0.05) is 25.2 Å². The summed E-state index contributed by atoms with van der Waals surface area (Å²) in [4.78, 5) is 33.0. The van der Waals surface area contributed by atoms with Crippen molar-refractivity contribution in [1.82, 2.24) is 14.9 Å². The van der Waals surface area contributed by atoms with E-state index in [2.05, 4.69) is 15.3 Å². The molecular formula is C28H28F5N5O4. The number of nitrogens with one attached hydrogen (secondary N) is 1. The van der Waals surface area contributed by atoms with E-state index in [1.165, 1.54) is 13.2 Å². The average molecular weight is 594 g/mol. The van der Waals surface area contributed by atoms with Crippen LogP contribution in [0.1, 0.15) is 51.1 Å². The number of carbonyl (C=O) groups excluding carboxylic acids is 2. The first kappa shape index (κ1) is 30.6. The Morgan fingerprint density at radius 2 is 1.95 bits per heavy atom. The number of methoxy groups -OCH3 is 1. The van der Waals surface area contributed by atoms with Gasteiger partial charge >= 0.3 is 6.18 Å². The number of nitrogens with two attached hydrogens (primary N) is 1. The van der Waals surface area contributed by atoms with Crippen molar-refractivity contribution in [3.8, 4) is 17.4 Å². The number of fused-ring (bicyclic) bond motifs is 1. The van der Waals surface area contributed by atoms with E-state index in [0.29, 0.717) is 24.7 Å². The first-order valence-electron chi connectivity index (χ1n) is 12.9. The van der Waals surface area contributed by atoms with E-state index in [1.807, 2.05) is 11.9 Å². The van der Waals surface area contributed by atoms with Gasteiger partial charge in [-0.05, 0) is 50.6 Å². The number of hydrogen-bond acceptors (Lipinski definition) is 8. The fraction of sp³-hybridized carbons (Fsp3) is 0.357. The summed E-state index contributed by atoms with van der Waals surface area (Å²) in [7, 11) is 3.20. The summed E-state index contributed by atoms with van der Waals surface area (Å²) < 4.78 is 77.9. The number of hydrogen-bond donors (Lipinski definition) is 2. The summed E-state index contributed by atoms with van der Waals surface area (Å²) >= 11 is 0. The number of piperidine rings is 1. The van der Waals surface area contributed by atoms with E-state index in [4.69, 9.17) is 15.2 Å². The fourth-order valence-corrected chi connectivity index (χ4v) is 4.60. The number of amides is 1. The van der Waals surface area contributed by atoms with Gasteiger partial charge in [-0.25, -0.2) is 13.8 Å². The SMILES string of the molecule is CN1CCCC(F)C1.COc1cc(C(N)=O)c(F)cc1Nc1ncc(C(F)(F)F)c(Oc2cccc3c2C(=O)CC3)n1. The van der Waals surface area contributed by atoms with Crippen LogP contribution in [-0.2, 0) is 12.6 Å². The maximum absolute atomic E-state index is 14.2. The molecule has 1 fully saturated rings. The lowest BCUT2D eigenvalue weighted by Crippen LogP contribution is -2.32. The van der Waals surface area contributed by atoms with Gasteiger partial charge in [0.15, 0.2) is 5.78 Å². The molecule has 1 atom stereocenters. The molecule has 0 radical (unpaired) electrons. The summed E-state index contributed by atoms with van der Waals surface area (Å²) in [5, 5.41) is 2.54. The Labute approximate surface area is 237 Å². The second kappa shape index (κ2) is 12.7. The maximum Gasteiger partial charge on any atom is 0.423 e. The van der Waals surface area contributed by atoms with E-state index in [1.54, 1.807) is 12.1 Å². The molecule has 1 aromatic heterocycles. The number of ether oxygens (including phenoxy) is 2. The van der Waals surface area contributed by atoms with Gasteiger partial charge in [0.25, 0.3) is 5.91 Å². The van der Waals surface area contributed by atoms with Crippen molar-refractivity contribution in [2.45, 2.75) is 38.0 Å². The van der Waals surface area contributed by atoms with Crippen LogP contribution in [0.25, 0.3) is 0 Å². The second-order valence-electron chi connectivity index (χ2n) is 9.75. The quantitative estimate of drug-likeness (QED) is 0.362. The highest BCUT2D eigenvalue weighted by atomic mass is 19.4. The van der Waals surface area contributed by atoms with Crippen LogP contribution < -0.4 is 20.5 Å². The smallest absolute Gasteiger partial charge is 0.423 e. The van der Waals surface area contributed by atoms with Crippen molar-refractivity contribution in [3.05, 3.63) is 64.6 Å². The zero-order valence-electron chi connectivity index (χ0n) is 22.7. The number of primary amides is 1. The lowest BCUT2D eigenvalue weighted by atomic mass is 10.1. The topological polar surface area (TPSA) is 120 Å². The van der Waals surface area contributed by atoms with Gasteiger partial charge < -0.3 is 25.4 Å². The van der Waals surface area contributed by atoms with Crippen LogP contribution in [-0.4, -0.2) is 60.0 Å². The molecule has 0 bridgehead atoms. The molecule has 0 saturated carbocycles. The lowest BCUT2D eigenvalue weighted by molar-refractivity contribution is -0.139. The predicted molar refractivity (Wildman–Crippen MR) is 143 cm³/mol. The van der Waals surface area contributed by atoms with E-state index >= 15 is 0 Å². The van der Waals surface area contributed by atoms with Gasteiger partial charge in [-0.1, -0.05) is 12.1 Å². The summed E-state index contributed by atoms with van der Waals surface area (Å²) in [6, 6.07) is 6.53. The molecule has 1 unspecified atom stereocenters. The predicted octanol–water partition coefficient (Wildman–Crippen LogP) is 5.46. The first-order valence-corrected chi connectivity index (χ1v) is 12.9.